The van der Waals surface area contributed by atoms with E-state index in [1.807, 2.05) is 0 Å². The summed E-state index contributed by atoms with van der Waals surface area (Å²) in [4.78, 5) is 12.0. The Balaban J connectivity index is 1.40. The first-order valence-corrected chi connectivity index (χ1v) is 8.66. The summed E-state index contributed by atoms with van der Waals surface area (Å²) in [6, 6.07) is 0. The van der Waals surface area contributed by atoms with E-state index in [4.69, 9.17) is 0 Å². The molecule has 3 aliphatic carbocycles. The van der Waals surface area contributed by atoms with Gasteiger partial charge in [0.05, 0.1) is 0 Å². The van der Waals surface area contributed by atoms with Crippen LogP contribution in [0.3, 0.4) is 0 Å². The number of alkyl halides is 1. The minimum Gasteiger partial charge on any atom is -0.356 e. The first kappa shape index (κ1) is 13.0. The van der Waals surface area contributed by atoms with Crippen LogP contribution in [-0.4, -0.2) is 17.8 Å². The molecular weight excluding hydrogens is 290 g/mol. The van der Waals surface area contributed by atoms with Crippen molar-refractivity contribution >= 4 is 21.8 Å². The van der Waals surface area contributed by atoms with Gasteiger partial charge in [0.1, 0.15) is 0 Å². The molecule has 3 fully saturated rings. The van der Waals surface area contributed by atoms with Gasteiger partial charge in [-0.3, -0.25) is 4.79 Å². The third-order valence-electron chi connectivity index (χ3n) is 5.57. The molecule has 3 unspecified atom stereocenters. The highest BCUT2D eigenvalue weighted by Crippen LogP contribution is 2.50. The molecule has 2 nitrogen and oxygen atoms in total. The van der Waals surface area contributed by atoms with Crippen molar-refractivity contribution in [3.63, 3.8) is 0 Å². The molecule has 0 aliphatic heterocycles. The SMILES string of the molecule is O=C(CC1CC2CCC1C2)NCC1(CCBr)CC1. The number of halogens is 1. The maximum atomic E-state index is 12.0. The summed E-state index contributed by atoms with van der Waals surface area (Å²) in [7, 11) is 0. The van der Waals surface area contributed by atoms with Crippen molar-refractivity contribution in [2.45, 2.75) is 51.4 Å². The fourth-order valence-corrected chi connectivity index (χ4v) is 4.96. The van der Waals surface area contributed by atoms with Crippen molar-refractivity contribution in [1.29, 1.82) is 0 Å². The van der Waals surface area contributed by atoms with E-state index in [-0.39, 0.29) is 0 Å². The Morgan fingerprint density at radius 3 is 2.67 bits per heavy atom. The molecule has 0 heterocycles. The number of amides is 1. The highest BCUT2D eigenvalue weighted by molar-refractivity contribution is 9.09. The van der Waals surface area contributed by atoms with Crippen molar-refractivity contribution in [1.82, 2.24) is 5.32 Å². The van der Waals surface area contributed by atoms with E-state index in [2.05, 4.69) is 21.2 Å². The van der Waals surface area contributed by atoms with Crippen LogP contribution in [-0.2, 0) is 4.79 Å². The number of carbonyl (C=O) groups excluding carboxylic acids is 1. The van der Waals surface area contributed by atoms with Gasteiger partial charge in [-0.1, -0.05) is 22.4 Å². The molecule has 1 N–H and O–H groups in total. The molecule has 102 valence electrons. The standard InChI is InChI=1S/C15H24BrNO/c16-6-5-15(3-4-15)10-17-14(18)9-13-8-11-1-2-12(13)7-11/h11-13H,1-10H2,(H,17,18). The average Bonchev–Trinajstić information content (AvgIpc) is 2.82. The van der Waals surface area contributed by atoms with E-state index in [1.54, 1.807) is 0 Å². The smallest absolute Gasteiger partial charge is 0.220 e. The van der Waals surface area contributed by atoms with Gasteiger partial charge in [-0.05, 0) is 61.7 Å². The maximum absolute atomic E-state index is 12.0. The van der Waals surface area contributed by atoms with E-state index < -0.39 is 0 Å². The van der Waals surface area contributed by atoms with Crippen LogP contribution < -0.4 is 5.32 Å². The zero-order valence-corrected chi connectivity index (χ0v) is 12.7. The Hall–Kier alpha value is -0.0500. The number of fused-ring (bicyclic) bond motifs is 2. The quantitative estimate of drug-likeness (QED) is 0.747. The van der Waals surface area contributed by atoms with Gasteiger partial charge in [-0.2, -0.15) is 0 Å². The summed E-state index contributed by atoms with van der Waals surface area (Å²) in [5.41, 5.74) is 0.452. The lowest BCUT2D eigenvalue weighted by atomic mass is 9.86. The lowest BCUT2D eigenvalue weighted by molar-refractivity contribution is -0.122. The molecule has 2 bridgehead atoms. The fraction of sp³-hybridized carbons (Fsp3) is 0.933. The zero-order valence-electron chi connectivity index (χ0n) is 11.1. The van der Waals surface area contributed by atoms with Crippen molar-refractivity contribution in [3.05, 3.63) is 0 Å². The summed E-state index contributed by atoms with van der Waals surface area (Å²) >= 11 is 3.51. The predicted molar refractivity (Wildman–Crippen MR) is 76.6 cm³/mol. The maximum Gasteiger partial charge on any atom is 0.220 e. The van der Waals surface area contributed by atoms with E-state index in [9.17, 15) is 4.79 Å². The Kier molecular flexibility index (Phi) is 3.70. The van der Waals surface area contributed by atoms with Gasteiger partial charge in [0.25, 0.3) is 0 Å². The van der Waals surface area contributed by atoms with Gasteiger partial charge in [0.15, 0.2) is 0 Å². The average molecular weight is 314 g/mol. The van der Waals surface area contributed by atoms with E-state index in [0.717, 1.165) is 30.1 Å². The number of hydrogen-bond acceptors (Lipinski definition) is 1. The summed E-state index contributed by atoms with van der Waals surface area (Å²) < 4.78 is 0. The Labute approximate surface area is 118 Å². The van der Waals surface area contributed by atoms with Crippen LogP contribution in [0.15, 0.2) is 0 Å². The van der Waals surface area contributed by atoms with E-state index in [0.29, 0.717) is 17.2 Å². The van der Waals surface area contributed by atoms with Crippen molar-refractivity contribution in [2.24, 2.45) is 23.2 Å². The minimum atomic E-state index is 0.313. The third-order valence-corrected chi connectivity index (χ3v) is 5.97. The van der Waals surface area contributed by atoms with Gasteiger partial charge in [0.2, 0.25) is 5.91 Å². The molecule has 3 atom stereocenters. The third kappa shape index (κ3) is 2.76. The second-order valence-corrected chi connectivity index (χ2v) is 7.65. The summed E-state index contributed by atoms with van der Waals surface area (Å²) in [5, 5.41) is 4.26. The van der Waals surface area contributed by atoms with Gasteiger partial charge in [0, 0.05) is 18.3 Å². The molecule has 0 radical (unpaired) electrons. The minimum absolute atomic E-state index is 0.313. The van der Waals surface area contributed by atoms with Crippen LogP contribution in [0, 0.1) is 23.2 Å². The first-order chi connectivity index (χ1) is 8.71. The van der Waals surface area contributed by atoms with Crippen LogP contribution in [0.5, 0.6) is 0 Å². The Bertz CT molecular complexity index is 326. The second-order valence-electron chi connectivity index (χ2n) is 6.85. The number of hydrogen-bond donors (Lipinski definition) is 1. The lowest BCUT2D eigenvalue weighted by Gasteiger charge is -2.22. The number of rotatable bonds is 6. The van der Waals surface area contributed by atoms with Crippen LogP contribution >= 0.6 is 15.9 Å². The van der Waals surface area contributed by atoms with Gasteiger partial charge in [-0.15, -0.1) is 0 Å². The molecule has 0 aromatic rings. The topological polar surface area (TPSA) is 29.1 Å². The van der Waals surface area contributed by atoms with Crippen molar-refractivity contribution in [2.75, 3.05) is 11.9 Å². The molecule has 3 aliphatic rings. The predicted octanol–water partition coefficient (Wildman–Crippen LogP) is 3.49. The molecule has 0 aromatic heterocycles. The summed E-state index contributed by atoms with van der Waals surface area (Å²) in [6.07, 6.45) is 10.1. The monoisotopic (exact) mass is 313 g/mol. The molecule has 18 heavy (non-hydrogen) atoms. The zero-order chi connectivity index (χ0) is 12.6. The first-order valence-electron chi connectivity index (χ1n) is 7.53. The number of nitrogens with one attached hydrogen (secondary N) is 1. The molecule has 0 saturated heterocycles. The highest BCUT2D eigenvalue weighted by Gasteiger charge is 2.43. The Morgan fingerprint density at radius 1 is 1.28 bits per heavy atom. The lowest BCUT2D eigenvalue weighted by Crippen LogP contribution is -2.32. The Morgan fingerprint density at radius 2 is 2.11 bits per heavy atom. The molecule has 0 spiro atoms. The fourth-order valence-electron chi connectivity index (χ4n) is 4.12. The van der Waals surface area contributed by atoms with Crippen molar-refractivity contribution in [3.8, 4) is 0 Å². The molecular formula is C15H24BrNO. The van der Waals surface area contributed by atoms with E-state index in [1.165, 1.54) is 44.9 Å². The molecule has 3 heteroatoms. The van der Waals surface area contributed by atoms with Gasteiger partial charge >= 0.3 is 0 Å². The molecule has 3 rings (SSSR count). The highest BCUT2D eigenvalue weighted by atomic mass is 79.9. The molecule has 3 saturated carbocycles. The van der Waals surface area contributed by atoms with Crippen LogP contribution in [0.25, 0.3) is 0 Å². The molecule has 0 aromatic carbocycles. The van der Waals surface area contributed by atoms with Crippen LogP contribution in [0.4, 0.5) is 0 Å². The number of carbonyl (C=O) groups is 1. The van der Waals surface area contributed by atoms with Crippen LogP contribution in [0.2, 0.25) is 0 Å². The second kappa shape index (κ2) is 5.15. The van der Waals surface area contributed by atoms with Gasteiger partial charge in [-0.25, -0.2) is 0 Å². The summed E-state index contributed by atoms with van der Waals surface area (Å²) in [6.45, 7) is 0.915. The van der Waals surface area contributed by atoms with Gasteiger partial charge < -0.3 is 5.32 Å². The summed E-state index contributed by atoms with van der Waals surface area (Å²) in [5.74, 6) is 2.85. The largest absolute Gasteiger partial charge is 0.356 e. The van der Waals surface area contributed by atoms with Crippen molar-refractivity contribution < 1.29 is 4.79 Å². The molecule has 1 amide bonds. The normalized spacial score (nSPS) is 35.7. The van der Waals surface area contributed by atoms with E-state index >= 15 is 0 Å². The van der Waals surface area contributed by atoms with Crippen LogP contribution in [0.1, 0.15) is 51.4 Å².